The Hall–Kier alpha value is -3.23. The molecule has 2 aliphatic rings. The van der Waals surface area contributed by atoms with Crippen LogP contribution in [0.5, 0.6) is 0 Å². The van der Waals surface area contributed by atoms with Gasteiger partial charge in [-0.3, -0.25) is 19.3 Å². The SMILES string of the molecule is O=C(CN1CCN(C(=O)CCC(=O)N2CCC(c3ccccc3)=N2)CC1)Nc1ccccc1Cl. The molecule has 0 unspecified atom stereocenters. The van der Waals surface area contributed by atoms with Gasteiger partial charge in [-0.1, -0.05) is 54.1 Å². The number of anilines is 1. The molecule has 0 atom stereocenters. The third kappa shape index (κ3) is 6.21. The molecular formula is C25H28ClN5O3. The van der Waals surface area contributed by atoms with E-state index in [0.717, 1.165) is 17.7 Å². The smallest absolute Gasteiger partial charge is 0.243 e. The first kappa shape index (κ1) is 23.9. The number of piperazine rings is 1. The summed E-state index contributed by atoms with van der Waals surface area (Å²) in [6, 6.07) is 16.9. The highest BCUT2D eigenvalue weighted by Crippen LogP contribution is 2.20. The van der Waals surface area contributed by atoms with Crippen LogP contribution in [0.15, 0.2) is 59.7 Å². The van der Waals surface area contributed by atoms with Crippen molar-refractivity contribution in [2.75, 3.05) is 44.6 Å². The van der Waals surface area contributed by atoms with Crippen molar-refractivity contribution in [3.8, 4) is 0 Å². The van der Waals surface area contributed by atoms with Gasteiger partial charge in [0.05, 0.1) is 29.5 Å². The molecule has 0 bridgehead atoms. The zero-order valence-electron chi connectivity index (χ0n) is 19.0. The van der Waals surface area contributed by atoms with Crippen LogP contribution in [0.3, 0.4) is 0 Å². The van der Waals surface area contributed by atoms with Crippen LogP contribution in [0.4, 0.5) is 5.69 Å². The third-order valence-electron chi connectivity index (χ3n) is 5.99. The molecule has 0 spiro atoms. The van der Waals surface area contributed by atoms with Crippen LogP contribution in [0.1, 0.15) is 24.8 Å². The molecule has 4 rings (SSSR count). The second-order valence-corrected chi connectivity index (χ2v) is 8.77. The number of carbonyl (C=O) groups is 3. The number of rotatable bonds is 7. The van der Waals surface area contributed by atoms with Gasteiger partial charge in [0.25, 0.3) is 0 Å². The van der Waals surface area contributed by atoms with Crippen molar-refractivity contribution in [1.82, 2.24) is 14.8 Å². The Labute approximate surface area is 204 Å². The van der Waals surface area contributed by atoms with Gasteiger partial charge in [-0.2, -0.15) is 5.10 Å². The summed E-state index contributed by atoms with van der Waals surface area (Å²) in [7, 11) is 0. The average Bonchev–Trinajstić information content (AvgIpc) is 3.35. The highest BCUT2D eigenvalue weighted by atomic mass is 35.5. The lowest BCUT2D eigenvalue weighted by Gasteiger charge is -2.34. The van der Waals surface area contributed by atoms with E-state index in [-0.39, 0.29) is 37.1 Å². The number of nitrogens with zero attached hydrogens (tertiary/aromatic N) is 4. The van der Waals surface area contributed by atoms with Crippen molar-refractivity contribution in [2.24, 2.45) is 5.10 Å². The summed E-state index contributed by atoms with van der Waals surface area (Å²) >= 11 is 6.09. The number of hydrogen-bond donors (Lipinski definition) is 1. The molecule has 2 aromatic carbocycles. The zero-order valence-corrected chi connectivity index (χ0v) is 19.7. The fourth-order valence-electron chi connectivity index (χ4n) is 4.08. The molecule has 1 N–H and O–H groups in total. The van der Waals surface area contributed by atoms with Gasteiger partial charge >= 0.3 is 0 Å². The maximum absolute atomic E-state index is 12.6. The molecule has 178 valence electrons. The molecular weight excluding hydrogens is 454 g/mol. The van der Waals surface area contributed by atoms with Crippen LogP contribution in [-0.2, 0) is 14.4 Å². The minimum absolute atomic E-state index is 0.0417. The van der Waals surface area contributed by atoms with E-state index in [2.05, 4.69) is 10.4 Å². The molecule has 2 heterocycles. The fourth-order valence-corrected chi connectivity index (χ4v) is 4.27. The van der Waals surface area contributed by atoms with Crippen molar-refractivity contribution in [1.29, 1.82) is 0 Å². The summed E-state index contributed by atoms with van der Waals surface area (Å²) in [4.78, 5) is 41.2. The molecule has 8 nitrogen and oxygen atoms in total. The first-order valence-corrected chi connectivity index (χ1v) is 11.8. The molecule has 9 heteroatoms. The van der Waals surface area contributed by atoms with Gasteiger partial charge < -0.3 is 10.2 Å². The van der Waals surface area contributed by atoms with Gasteiger partial charge in [-0.05, 0) is 17.7 Å². The van der Waals surface area contributed by atoms with Gasteiger partial charge in [0.15, 0.2) is 0 Å². The Kier molecular flexibility index (Phi) is 7.92. The van der Waals surface area contributed by atoms with Crippen LogP contribution >= 0.6 is 11.6 Å². The molecule has 0 radical (unpaired) electrons. The molecule has 2 aliphatic heterocycles. The van der Waals surface area contributed by atoms with Gasteiger partial charge in [0.2, 0.25) is 17.7 Å². The molecule has 3 amide bonds. The standard InChI is InChI=1S/C25H28ClN5O3/c26-20-8-4-5-9-22(20)27-23(32)18-29-14-16-30(17-15-29)24(33)10-11-25(34)31-13-12-21(28-31)19-6-2-1-3-7-19/h1-9H,10-18H2,(H,27,32). The molecule has 0 aromatic heterocycles. The minimum atomic E-state index is -0.139. The maximum Gasteiger partial charge on any atom is 0.243 e. The zero-order chi connectivity index (χ0) is 23.9. The van der Waals surface area contributed by atoms with E-state index in [4.69, 9.17) is 11.6 Å². The summed E-state index contributed by atoms with van der Waals surface area (Å²) in [5.41, 5.74) is 2.51. The third-order valence-corrected chi connectivity index (χ3v) is 6.32. The van der Waals surface area contributed by atoms with Crippen molar-refractivity contribution >= 4 is 40.7 Å². The summed E-state index contributed by atoms with van der Waals surface area (Å²) in [6.07, 6.45) is 1.03. The molecule has 0 aliphatic carbocycles. The Morgan fingerprint density at radius 3 is 2.26 bits per heavy atom. The van der Waals surface area contributed by atoms with Crippen LogP contribution in [0.2, 0.25) is 5.02 Å². The first-order chi connectivity index (χ1) is 16.5. The second kappa shape index (κ2) is 11.3. The monoisotopic (exact) mass is 481 g/mol. The molecule has 2 aromatic rings. The van der Waals surface area contributed by atoms with Crippen LogP contribution < -0.4 is 5.32 Å². The molecule has 34 heavy (non-hydrogen) atoms. The quantitative estimate of drug-likeness (QED) is 0.659. The Balaban J connectivity index is 1.18. The molecule has 0 saturated carbocycles. The highest BCUT2D eigenvalue weighted by Gasteiger charge is 2.25. The van der Waals surface area contributed by atoms with Crippen LogP contribution in [0, 0.1) is 0 Å². The van der Waals surface area contributed by atoms with E-state index in [1.54, 1.807) is 17.0 Å². The van der Waals surface area contributed by atoms with Gasteiger partial charge in [-0.15, -0.1) is 0 Å². The summed E-state index contributed by atoms with van der Waals surface area (Å²) in [5.74, 6) is -0.311. The lowest BCUT2D eigenvalue weighted by molar-refractivity contribution is -0.138. The summed E-state index contributed by atoms with van der Waals surface area (Å²) in [5, 5.41) is 9.24. The maximum atomic E-state index is 12.6. The largest absolute Gasteiger partial charge is 0.340 e. The Morgan fingerprint density at radius 2 is 1.53 bits per heavy atom. The lowest BCUT2D eigenvalue weighted by atomic mass is 10.1. The van der Waals surface area contributed by atoms with E-state index in [1.165, 1.54) is 5.01 Å². The number of benzene rings is 2. The van der Waals surface area contributed by atoms with Gasteiger partial charge in [-0.25, -0.2) is 5.01 Å². The second-order valence-electron chi connectivity index (χ2n) is 8.36. The lowest BCUT2D eigenvalue weighted by Crippen LogP contribution is -2.50. The van der Waals surface area contributed by atoms with E-state index < -0.39 is 0 Å². The summed E-state index contributed by atoms with van der Waals surface area (Å²) in [6.45, 7) is 3.06. The predicted octanol–water partition coefficient (Wildman–Crippen LogP) is 2.84. The molecule has 1 saturated heterocycles. The van der Waals surface area contributed by atoms with Crippen molar-refractivity contribution in [3.05, 3.63) is 65.2 Å². The predicted molar refractivity (Wildman–Crippen MR) is 132 cm³/mol. The van der Waals surface area contributed by atoms with Crippen LogP contribution in [-0.4, -0.2) is 77.5 Å². The van der Waals surface area contributed by atoms with E-state index >= 15 is 0 Å². The van der Waals surface area contributed by atoms with Crippen LogP contribution in [0.25, 0.3) is 0 Å². The van der Waals surface area contributed by atoms with Crippen molar-refractivity contribution < 1.29 is 14.4 Å². The topological polar surface area (TPSA) is 85.3 Å². The number of amides is 3. The first-order valence-electron chi connectivity index (χ1n) is 11.5. The number of hydrogen-bond acceptors (Lipinski definition) is 5. The van der Waals surface area contributed by atoms with Crippen molar-refractivity contribution in [2.45, 2.75) is 19.3 Å². The fraction of sp³-hybridized carbons (Fsp3) is 0.360. The molecule has 1 fully saturated rings. The number of halogens is 1. The number of para-hydroxylation sites is 1. The Bertz CT molecular complexity index is 1070. The van der Waals surface area contributed by atoms with E-state index in [1.807, 2.05) is 47.4 Å². The number of carbonyl (C=O) groups excluding carboxylic acids is 3. The summed E-state index contributed by atoms with van der Waals surface area (Å²) < 4.78 is 0. The number of nitrogens with one attached hydrogen (secondary N) is 1. The van der Waals surface area contributed by atoms with Gasteiger partial charge in [0.1, 0.15) is 0 Å². The highest BCUT2D eigenvalue weighted by molar-refractivity contribution is 6.33. The van der Waals surface area contributed by atoms with E-state index in [0.29, 0.717) is 43.4 Å². The van der Waals surface area contributed by atoms with Gasteiger partial charge in [0, 0.05) is 45.4 Å². The average molecular weight is 482 g/mol. The van der Waals surface area contributed by atoms with Crippen molar-refractivity contribution in [3.63, 3.8) is 0 Å². The number of hydrazone groups is 1. The normalized spacial score (nSPS) is 16.3. The van der Waals surface area contributed by atoms with E-state index in [9.17, 15) is 14.4 Å². The minimum Gasteiger partial charge on any atom is -0.340 e. The Morgan fingerprint density at radius 1 is 0.853 bits per heavy atom.